The van der Waals surface area contributed by atoms with Crippen molar-refractivity contribution in [1.82, 2.24) is 19.5 Å². The topological polar surface area (TPSA) is 111 Å². The number of primary amides is 1. The number of hydrogen-bond donors (Lipinski definition) is 2. The SMILES string of the molecule is CN=c1ncc2cc(-c3cc(-c4c(C(F)(F)F)ccnc4C(N)=O)ccc3Cl)c3n(c-2n1)CCN3. The molecule has 8 nitrogen and oxygen atoms in total. The fourth-order valence-electron chi connectivity index (χ4n) is 4.24. The number of alkyl halides is 3. The Labute approximate surface area is 201 Å². The van der Waals surface area contributed by atoms with Crippen molar-refractivity contribution < 1.29 is 18.0 Å². The Kier molecular flexibility index (Phi) is 5.43. The quantitative estimate of drug-likeness (QED) is 0.445. The normalized spacial score (nSPS) is 13.7. The Bertz CT molecular complexity index is 1530. The lowest BCUT2D eigenvalue weighted by atomic mass is 9.93. The van der Waals surface area contributed by atoms with Gasteiger partial charge in [0.1, 0.15) is 17.3 Å². The highest BCUT2D eigenvalue weighted by Crippen LogP contribution is 2.43. The third kappa shape index (κ3) is 3.87. The maximum Gasteiger partial charge on any atom is 0.417 e. The molecule has 1 amide bonds. The van der Waals surface area contributed by atoms with E-state index in [1.807, 2.05) is 10.6 Å². The molecule has 0 fully saturated rings. The molecule has 1 aromatic heterocycles. The number of rotatable bonds is 3. The van der Waals surface area contributed by atoms with Gasteiger partial charge < -0.3 is 15.6 Å². The van der Waals surface area contributed by atoms with E-state index >= 15 is 0 Å². The van der Waals surface area contributed by atoms with Gasteiger partial charge in [0.25, 0.3) is 5.91 Å². The van der Waals surface area contributed by atoms with Crippen LogP contribution in [0.15, 0.2) is 47.7 Å². The maximum atomic E-state index is 13.9. The summed E-state index contributed by atoms with van der Waals surface area (Å²) in [6, 6.07) is 7.02. The molecule has 178 valence electrons. The Hall–Kier alpha value is -3.99. The molecule has 0 radical (unpaired) electrons. The van der Waals surface area contributed by atoms with Crippen molar-refractivity contribution in [2.75, 3.05) is 18.9 Å². The molecule has 3 aliphatic heterocycles. The van der Waals surface area contributed by atoms with Crippen molar-refractivity contribution in [1.29, 1.82) is 0 Å². The van der Waals surface area contributed by atoms with Crippen LogP contribution in [-0.4, -0.2) is 39.0 Å². The monoisotopic (exact) mass is 499 g/mol. The molecule has 2 aromatic rings. The molecule has 0 unspecified atom stereocenters. The van der Waals surface area contributed by atoms with E-state index in [4.69, 9.17) is 17.3 Å². The van der Waals surface area contributed by atoms with E-state index in [0.29, 0.717) is 52.1 Å². The predicted molar refractivity (Wildman–Crippen MR) is 124 cm³/mol. The lowest BCUT2D eigenvalue weighted by molar-refractivity contribution is -0.137. The zero-order valence-electron chi connectivity index (χ0n) is 18.2. The molecule has 0 atom stereocenters. The van der Waals surface area contributed by atoms with E-state index in [2.05, 4.69) is 25.3 Å². The smallest absolute Gasteiger partial charge is 0.369 e. The number of nitrogens with zero attached hydrogens (tertiary/aromatic N) is 5. The van der Waals surface area contributed by atoms with Crippen LogP contribution in [0.1, 0.15) is 16.1 Å². The van der Waals surface area contributed by atoms with Crippen LogP contribution in [0.2, 0.25) is 5.02 Å². The van der Waals surface area contributed by atoms with Gasteiger partial charge in [0.15, 0.2) is 0 Å². The number of carbonyl (C=O) groups is 1. The van der Waals surface area contributed by atoms with Crippen molar-refractivity contribution in [3.05, 3.63) is 64.6 Å². The number of hydrogen-bond acceptors (Lipinski definition) is 6. The van der Waals surface area contributed by atoms with E-state index in [1.165, 1.54) is 18.2 Å². The maximum absolute atomic E-state index is 13.9. The zero-order chi connectivity index (χ0) is 24.9. The standard InChI is InChI=1S/C23H17ClF3N7O/c1-29-22-32-10-12-9-14(21-31-6-7-34(21)20(12)33-22)13-8-11(2-3-16(13)24)17-15(23(25,26)27)4-5-30-18(17)19(28)35/h2-5,8-10,31H,6-7H2,1H3,(H2,28,35). The number of anilines is 1. The first-order chi connectivity index (χ1) is 16.7. The van der Waals surface area contributed by atoms with Gasteiger partial charge in [-0.2, -0.15) is 18.2 Å². The Morgan fingerprint density at radius 3 is 2.66 bits per heavy atom. The minimum absolute atomic E-state index is 0.104. The molecule has 3 N–H and O–H groups in total. The average Bonchev–Trinajstić information content (AvgIpc) is 3.33. The molecular formula is C23H17ClF3N7O. The number of benzene rings is 1. The lowest BCUT2D eigenvalue weighted by Gasteiger charge is -2.19. The molecule has 0 aliphatic carbocycles. The number of pyridine rings is 2. The van der Waals surface area contributed by atoms with E-state index in [9.17, 15) is 18.0 Å². The summed E-state index contributed by atoms with van der Waals surface area (Å²) >= 11 is 6.54. The van der Waals surface area contributed by atoms with Crippen molar-refractivity contribution in [3.63, 3.8) is 0 Å². The summed E-state index contributed by atoms with van der Waals surface area (Å²) in [4.78, 5) is 28.5. The number of halogens is 4. The van der Waals surface area contributed by atoms with Crippen LogP contribution in [0.3, 0.4) is 0 Å². The molecule has 4 heterocycles. The van der Waals surface area contributed by atoms with Gasteiger partial charge in [0, 0.05) is 59.8 Å². The van der Waals surface area contributed by atoms with Crippen LogP contribution in [0, 0.1) is 0 Å². The third-order valence-electron chi connectivity index (χ3n) is 5.73. The second kappa shape index (κ2) is 8.35. The fourth-order valence-corrected chi connectivity index (χ4v) is 4.46. The summed E-state index contributed by atoms with van der Waals surface area (Å²) in [6.07, 6.45) is -2.19. The van der Waals surface area contributed by atoms with Crippen LogP contribution in [0.5, 0.6) is 0 Å². The van der Waals surface area contributed by atoms with Crippen molar-refractivity contribution in [2.24, 2.45) is 10.7 Å². The van der Waals surface area contributed by atoms with Gasteiger partial charge in [0.05, 0.1) is 5.56 Å². The van der Waals surface area contributed by atoms with Crippen molar-refractivity contribution in [3.8, 4) is 33.6 Å². The second-order valence-electron chi connectivity index (χ2n) is 7.80. The summed E-state index contributed by atoms with van der Waals surface area (Å²) in [5.41, 5.74) is 5.72. The zero-order valence-corrected chi connectivity index (χ0v) is 18.9. The number of aromatic nitrogens is 4. The summed E-state index contributed by atoms with van der Waals surface area (Å²) in [6.45, 7) is 1.24. The molecule has 0 saturated carbocycles. The molecule has 3 aliphatic rings. The van der Waals surface area contributed by atoms with Gasteiger partial charge >= 0.3 is 6.18 Å². The number of fused-ring (bicyclic) bond motifs is 3. The molecule has 0 spiro atoms. The fraction of sp³-hybridized carbons (Fsp3) is 0.174. The molecular weight excluding hydrogens is 483 g/mol. The van der Waals surface area contributed by atoms with Gasteiger partial charge in [-0.25, -0.2) is 4.98 Å². The van der Waals surface area contributed by atoms with Crippen LogP contribution in [0.4, 0.5) is 19.0 Å². The Morgan fingerprint density at radius 1 is 1.17 bits per heavy atom. The molecule has 1 aromatic carbocycles. The van der Waals surface area contributed by atoms with Gasteiger partial charge in [-0.3, -0.25) is 14.8 Å². The van der Waals surface area contributed by atoms with Gasteiger partial charge in [-0.1, -0.05) is 17.7 Å². The summed E-state index contributed by atoms with van der Waals surface area (Å²) in [5, 5.41) is 3.60. The summed E-state index contributed by atoms with van der Waals surface area (Å²) in [7, 11) is 1.60. The minimum atomic E-state index is -4.73. The van der Waals surface area contributed by atoms with Crippen LogP contribution < -0.4 is 16.7 Å². The number of carbonyl (C=O) groups excluding carboxylic acids is 1. The second-order valence-corrected chi connectivity index (χ2v) is 8.20. The van der Waals surface area contributed by atoms with E-state index in [1.54, 1.807) is 13.2 Å². The highest BCUT2D eigenvalue weighted by atomic mass is 35.5. The molecule has 0 saturated heterocycles. The van der Waals surface area contributed by atoms with E-state index in [-0.39, 0.29) is 5.56 Å². The van der Waals surface area contributed by atoms with E-state index < -0.39 is 28.9 Å². The Balaban J connectivity index is 1.79. The first-order valence-corrected chi connectivity index (χ1v) is 10.8. The summed E-state index contributed by atoms with van der Waals surface area (Å²) in [5.74, 6) is 0.301. The minimum Gasteiger partial charge on any atom is -0.369 e. The van der Waals surface area contributed by atoms with Crippen LogP contribution in [-0.2, 0) is 12.7 Å². The van der Waals surface area contributed by atoms with Crippen molar-refractivity contribution in [2.45, 2.75) is 12.7 Å². The molecule has 35 heavy (non-hydrogen) atoms. The summed E-state index contributed by atoms with van der Waals surface area (Å²) < 4.78 is 43.5. The molecule has 5 rings (SSSR count). The Morgan fingerprint density at radius 2 is 1.94 bits per heavy atom. The van der Waals surface area contributed by atoms with Gasteiger partial charge in [0.2, 0.25) is 5.62 Å². The first kappa shape index (κ1) is 22.8. The number of amides is 1. The van der Waals surface area contributed by atoms with Crippen LogP contribution in [0.25, 0.3) is 33.6 Å². The van der Waals surface area contributed by atoms with E-state index in [0.717, 1.165) is 12.3 Å². The lowest BCUT2D eigenvalue weighted by Crippen LogP contribution is -2.18. The highest BCUT2D eigenvalue weighted by Gasteiger charge is 2.36. The third-order valence-corrected chi connectivity index (χ3v) is 6.06. The van der Waals surface area contributed by atoms with Gasteiger partial charge in [-0.15, -0.1) is 0 Å². The first-order valence-electron chi connectivity index (χ1n) is 10.4. The van der Waals surface area contributed by atoms with Crippen molar-refractivity contribution >= 4 is 23.3 Å². The molecule has 12 heteroatoms. The number of nitrogens with one attached hydrogen (secondary N) is 1. The largest absolute Gasteiger partial charge is 0.417 e. The predicted octanol–water partition coefficient (Wildman–Crippen LogP) is 3.84. The van der Waals surface area contributed by atoms with Crippen LogP contribution >= 0.6 is 11.6 Å². The van der Waals surface area contributed by atoms with Gasteiger partial charge in [-0.05, 0) is 29.8 Å². The number of nitrogens with two attached hydrogens (primary N) is 1. The molecule has 0 bridgehead atoms. The average molecular weight is 500 g/mol. The highest BCUT2D eigenvalue weighted by molar-refractivity contribution is 6.33.